The summed E-state index contributed by atoms with van der Waals surface area (Å²) in [6.45, 7) is 0.286. The highest BCUT2D eigenvalue weighted by Gasteiger charge is 2.16. The van der Waals surface area contributed by atoms with Crippen LogP contribution < -0.4 is 11.1 Å². The predicted octanol–water partition coefficient (Wildman–Crippen LogP) is 0.0651. The molecule has 0 aliphatic carbocycles. The van der Waals surface area contributed by atoms with Gasteiger partial charge in [0.1, 0.15) is 0 Å². The molecule has 14 heavy (non-hydrogen) atoms. The minimum atomic E-state index is -0.861. The lowest BCUT2D eigenvalue weighted by molar-refractivity contribution is -0.137. The summed E-state index contributed by atoms with van der Waals surface area (Å²) < 4.78 is 0. The average molecular weight is 195 g/mol. The first-order chi connectivity index (χ1) is 6.74. The Balaban J connectivity index is 2.68. The van der Waals surface area contributed by atoms with E-state index in [1.54, 1.807) is 24.7 Å². The molecule has 0 amide bonds. The second kappa shape index (κ2) is 5.18. The van der Waals surface area contributed by atoms with Crippen molar-refractivity contribution in [2.45, 2.75) is 6.42 Å². The summed E-state index contributed by atoms with van der Waals surface area (Å²) in [6.07, 6.45) is 6.66. The molecule has 76 valence electrons. The fourth-order valence-corrected chi connectivity index (χ4v) is 1.15. The zero-order chi connectivity index (χ0) is 10.4. The number of nitrogens with one attached hydrogen (secondary N) is 1. The summed E-state index contributed by atoms with van der Waals surface area (Å²) in [5.74, 6) is -1.08. The molecular weight excluding hydrogens is 182 g/mol. The molecule has 4 N–H and O–H groups in total. The number of carbonyl (C=O) groups is 1. The largest absolute Gasteiger partial charge is 0.481 e. The van der Waals surface area contributed by atoms with Crippen LogP contribution in [0.5, 0.6) is 0 Å². The number of hydrogen-bond donors (Lipinski definition) is 3. The molecule has 5 heteroatoms. The zero-order valence-electron chi connectivity index (χ0n) is 7.68. The third-order valence-electron chi connectivity index (χ3n) is 1.88. The van der Waals surface area contributed by atoms with Crippen LogP contribution in [0.25, 0.3) is 0 Å². The molecule has 0 saturated heterocycles. The minimum Gasteiger partial charge on any atom is -0.481 e. The number of allylic oxidation sites excluding steroid dienone is 1. The number of carboxylic acids is 1. The summed E-state index contributed by atoms with van der Waals surface area (Å²) >= 11 is 0. The minimum absolute atomic E-state index is 0.0126. The van der Waals surface area contributed by atoms with Crippen molar-refractivity contribution in [2.24, 2.45) is 16.6 Å². The second-order valence-electron chi connectivity index (χ2n) is 2.92. The van der Waals surface area contributed by atoms with Gasteiger partial charge in [0.2, 0.25) is 0 Å². The van der Waals surface area contributed by atoms with Crippen molar-refractivity contribution in [1.29, 1.82) is 0 Å². The first kappa shape index (κ1) is 10.5. The van der Waals surface area contributed by atoms with Gasteiger partial charge in [-0.05, 0) is 6.08 Å². The van der Waals surface area contributed by atoms with Gasteiger partial charge in [-0.15, -0.1) is 0 Å². The second-order valence-corrected chi connectivity index (χ2v) is 2.92. The van der Waals surface area contributed by atoms with Crippen molar-refractivity contribution in [2.75, 3.05) is 6.54 Å². The van der Waals surface area contributed by atoms with Crippen LogP contribution in [0.4, 0.5) is 0 Å². The normalized spacial score (nSPS) is 16.8. The molecule has 1 heterocycles. The SMILES string of the molecule is NCC(CC(=O)O)C1=CN=CC=CN1. The van der Waals surface area contributed by atoms with Crippen molar-refractivity contribution >= 4 is 12.2 Å². The van der Waals surface area contributed by atoms with Gasteiger partial charge in [0.05, 0.1) is 6.42 Å². The van der Waals surface area contributed by atoms with Gasteiger partial charge >= 0.3 is 5.97 Å². The Morgan fingerprint density at radius 1 is 1.71 bits per heavy atom. The molecule has 0 aromatic rings. The Kier molecular flexibility index (Phi) is 3.87. The molecule has 1 rings (SSSR count). The van der Waals surface area contributed by atoms with E-state index in [1.807, 2.05) is 0 Å². The summed E-state index contributed by atoms with van der Waals surface area (Å²) in [6, 6.07) is 0. The number of carboxylic acid groups (broad SMARTS) is 1. The van der Waals surface area contributed by atoms with Gasteiger partial charge in [-0.3, -0.25) is 9.79 Å². The van der Waals surface area contributed by atoms with Crippen molar-refractivity contribution in [3.05, 3.63) is 24.2 Å². The molecule has 5 nitrogen and oxygen atoms in total. The molecule has 0 spiro atoms. The highest BCUT2D eigenvalue weighted by atomic mass is 16.4. The van der Waals surface area contributed by atoms with Gasteiger partial charge in [-0.2, -0.15) is 0 Å². The van der Waals surface area contributed by atoms with E-state index < -0.39 is 5.97 Å². The molecule has 0 bridgehead atoms. The highest BCUT2D eigenvalue weighted by Crippen LogP contribution is 2.12. The van der Waals surface area contributed by atoms with Crippen LogP contribution in [0, 0.1) is 5.92 Å². The van der Waals surface area contributed by atoms with Gasteiger partial charge < -0.3 is 16.2 Å². The Morgan fingerprint density at radius 2 is 2.50 bits per heavy atom. The van der Waals surface area contributed by atoms with Crippen LogP contribution >= 0.6 is 0 Å². The number of aliphatic imine (C=N–C) groups is 1. The monoisotopic (exact) mass is 195 g/mol. The van der Waals surface area contributed by atoms with Crippen molar-refractivity contribution in [3.63, 3.8) is 0 Å². The molecule has 1 aliphatic rings. The van der Waals surface area contributed by atoms with Crippen LogP contribution in [-0.2, 0) is 4.79 Å². The first-order valence-corrected chi connectivity index (χ1v) is 4.31. The average Bonchev–Trinajstić information content (AvgIpc) is 2.41. The Hall–Kier alpha value is -1.62. The van der Waals surface area contributed by atoms with E-state index in [4.69, 9.17) is 10.8 Å². The number of aliphatic carboxylic acids is 1. The Labute approximate surface area is 82.0 Å². The number of hydrogen-bond acceptors (Lipinski definition) is 4. The van der Waals surface area contributed by atoms with E-state index in [1.165, 1.54) is 0 Å². The number of nitrogens with two attached hydrogens (primary N) is 1. The maximum absolute atomic E-state index is 10.5. The molecule has 0 fully saturated rings. The van der Waals surface area contributed by atoms with Gasteiger partial charge in [0.25, 0.3) is 0 Å². The van der Waals surface area contributed by atoms with Gasteiger partial charge in [0, 0.05) is 36.8 Å². The smallest absolute Gasteiger partial charge is 0.304 e. The van der Waals surface area contributed by atoms with Crippen LogP contribution in [0.3, 0.4) is 0 Å². The first-order valence-electron chi connectivity index (χ1n) is 4.31. The molecule has 0 aromatic heterocycles. The molecule has 1 unspecified atom stereocenters. The van der Waals surface area contributed by atoms with Crippen LogP contribution in [0.15, 0.2) is 29.2 Å². The lowest BCUT2D eigenvalue weighted by atomic mass is 10.0. The maximum Gasteiger partial charge on any atom is 0.304 e. The Bertz CT molecular complexity index is 294. The fourth-order valence-electron chi connectivity index (χ4n) is 1.15. The summed E-state index contributed by atoms with van der Waals surface area (Å²) in [7, 11) is 0. The van der Waals surface area contributed by atoms with E-state index in [2.05, 4.69) is 10.3 Å². The van der Waals surface area contributed by atoms with E-state index in [-0.39, 0.29) is 18.9 Å². The lowest BCUT2D eigenvalue weighted by Gasteiger charge is -2.15. The maximum atomic E-state index is 10.5. The number of nitrogens with zero attached hydrogens (tertiary/aromatic N) is 1. The van der Waals surface area contributed by atoms with E-state index in [0.717, 1.165) is 5.70 Å². The van der Waals surface area contributed by atoms with Crippen molar-refractivity contribution in [1.82, 2.24) is 5.32 Å². The van der Waals surface area contributed by atoms with Crippen LogP contribution in [0.2, 0.25) is 0 Å². The van der Waals surface area contributed by atoms with Gasteiger partial charge in [-0.25, -0.2) is 0 Å². The van der Waals surface area contributed by atoms with Crippen LogP contribution in [-0.4, -0.2) is 23.8 Å². The summed E-state index contributed by atoms with van der Waals surface area (Å²) in [5, 5.41) is 11.6. The van der Waals surface area contributed by atoms with Crippen molar-refractivity contribution < 1.29 is 9.90 Å². The fraction of sp³-hybridized carbons (Fsp3) is 0.333. The van der Waals surface area contributed by atoms with Crippen molar-refractivity contribution in [3.8, 4) is 0 Å². The lowest BCUT2D eigenvalue weighted by Crippen LogP contribution is -2.25. The quantitative estimate of drug-likeness (QED) is 0.592. The highest BCUT2D eigenvalue weighted by molar-refractivity contribution is 5.72. The molecule has 0 radical (unpaired) electrons. The Morgan fingerprint density at radius 3 is 3.14 bits per heavy atom. The van der Waals surface area contributed by atoms with E-state index in [0.29, 0.717) is 0 Å². The summed E-state index contributed by atoms with van der Waals surface area (Å²) in [5.41, 5.74) is 6.22. The van der Waals surface area contributed by atoms with E-state index >= 15 is 0 Å². The van der Waals surface area contributed by atoms with Gasteiger partial charge in [-0.1, -0.05) is 0 Å². The molecule has 0 aromatic carbocycles. The summed E-state index contributed by atoms with van der Waals surface area (Å²) in [4.78, 5) is 14.5. The predicted molar refractivity (Wildman–Crippen MR) is 53.6 cm³/mol. The third kappa shape index (κ3) is 3.02. The molecule has 1 atom stereocenters. The standard InChI is InChI=1S/C9H13N3O2/c10-5-7(4-9(13)14)8-6-11-2-1-3-12-8/h1-3,6-7,12H,4-5,10H2,(H,13,14). The molecular formula is C9H13N3O2. The molecule has 0 saturated carbocycles. The van der Waals surface area contributed by atoms with Gasteiger partial charge in [0.15, 0.2) is 0 Å². The van der Waals surface area contributed by atoms with Crippen LogP contribution in [0.1, 0.15) is 6.42 Å². The zero-order valence-corrected chi connectivity index (χ0v) is 7.68. The topological polar surface area (TPSA) is 87.7 Å². The molecule has 1 aliphatic heterocycles. The number of rotatable bonds is 4. The van der Waals surface area contributed by atoms with E-state index in [9.17, 15) is 4.79 Å². The third-order valence-corrected chi connectivity index (χ3v) is 1.88.